The van der Waals surface area contributed by atoms with Gasteiger partial charge in [0, 0.05) is 0 Å². The summed E-state index contributed by atoms with van der Waals surface area (Å²) in [5.41, 5.74) is 0. The highest BCUT2D eigenvalue weighted by Gasteiger charge is 1.73. The summed E-state index contributed by atoms with van der Waals surface area (Å²) in [5, 5.41) is 14.7. The van der Waals surface area contributed by atoms with Crippen molar-refractivity contribution >= 4 is 0 Å². The lowest BCUT2D eigenvalue weighted by molar-refractivity contribution is 0.111. The molecule has 0 bridgehead atoms. The van der Waals surface area contributed by atoms with E-state index < -0.39 is 0 Å². The molecule has 32 valence electrons. The molecule has 0 saturated heterocycles. The molecule has 0 spiro atoms. The molecule has 0 aliphatic rings. The molecule has 1 heterocycles. The highest BCUT2D eigenvalue weighted by atomic mass is 16.5. The van der Waals surface area contributed by atoms with E-state index in [1.54, 1.807) is 0 Å². The zero-order valence-corrected chi connectivity index (χ0v) is 2.94. The monoisotopic (exact) mass is 85.0 g/mol. The van der Waals surface area contributed by atoms with Crippen LogP contribution in [0.2, 0.25) is 0 Å². The van der Waals surface area contributed by atoms with Gasteiger partial charge in [0.25, 0.3) is 0 Å². The Balaban J connectivity index is 3.05. The van der Waals surface area contributed by atoms with E-state index in [1.165, 1.54) is 12.4 Å². The summed E-state index contributed by atoms with van der Waals surface area (Å²) in [6, 6.07) is 0. The number of hydrogen-bond acceptors (Lipinski definition) is 3. The van der Waals surface area contributed by atoms with E-state index in [0.717, 1.165) is 0 Å². The maximum Gasteiger partial charge on any atom is 0.0730 e. The molecular weight excluding hydrogens is 82.0 g/mol. The van der Waals surface area contributed by atoms with Gasteiger partial charge in [0.1, 0.15) is 0 Å². The highest BCUT2D eigenvalue weighted by Crippen LogP contribution is 1.63. The first-order chi connectivity index (χ1) is 2.89. The molecule has 1 aromatic heterocycles. The van der Waals surface area contributed by atoms with Crippen LogP contribution in [0.4, 0.5) is 0 Å². The molecule has 1 rings (SSSR count). The van der Waals surface area contributed by atoms with Crippen LogP contribution in [-0.2, 0) is 0 Å². The van der Waals surface area contributed by atoms with E-state index in [2.05, 4.69) is 10.2 Å². The molecule has 4 nitrogen and oxygen atoms in total. The van der Waals surface area contributed by atoms with Crippen molar-refractivity contribution in [1.82, 2.24) is 15.2 Å². The number of nitrogens with zero attached hydrogens (tertiary/aromatic N) is 3. The number of hydrogen-bond donors (Lipinski definition) is 1. The fourth-order valence-electron chi connectivity index (χ4n) is 0.209. The molecule has 6 heavy (non-hydrogen) atoms. The molecule has 0 fully saturated rings. The molecule has 4 heteroatoms. The Labute approximate surface area is 34.0 Å². The Morgan fingerprint density at radius 3 is 2.00 bits per heavy atom. The van der Waals surface area contributed by atoms with Gasteiger partial charge in [0.2, 0.25) is 0 Å². The Morgan fingerprint density at radius 2 is 1.83 bits per heavy atom. The average Bonchev–Trinajstić information content (AvgIpc) is 1.86. The van der Waals surface area contributed by atoms with Crippen LogP contribution >= 0.6 is 0 Å². The van der Waals surface area contributed by atoms with Gasteiger partial charge in [-0.2, -0.15) is 0 Å². The van der Waals surface area contributed by atoms with Crippen molar-refractivity contribution < 1.29 is 5.21 Å². The van der Waals surface area contributed by atoms with Crippen molar-refractivity contribution in [2.45, 2.75) is 0 Å². The Morgan fingerprint density at radius 1 is 1.33 bits per heavy atom. The summed E-state index contributed by atoms with van der Waals surface area (Å²) in [6.07, 6.45) is 2.78. The number of aromatic nitrogens is 3. The Kier molecular flexibility index (Phi) is 0.506. The van der Waals surface area contributed by atoms with Gasteiger partial charge in [0.15, 0.2) is 0 Å². The third-order valence-corrected chi connectivity index (χ3v) is 0.407. The predicted molar refractivity (Wildman–Crippen MR) is 17.2 cm³/mol. The van der Waals surface area contributed by atoms with Crippen LogP contribution in [0.3, 0.4) is 0 Å². The van der Waals surface area contributed by atoms with Crippen LogP contribution in [0.5, 0.6) is 0 Å². The normalized spacial score (nSPS) is 8.67. The highest BCUT2D eigenvalue weighted by molar-refractivity contribution is 4.56. The van der Waals surface area contributed by atoms with Crippen LogP contribution in [0.25, 0.3) is 0 Å². The zero-order valence-electron chi connectivity index (χ0n) is 2.94. The van der Waals surface area contributed by atoms with Gasteiger partial charge in [0.05, 0.1) is 12.4 Å². The molecule has 0 atom stereocenters. The summed E-state index contributed by atoms with van der Waals surface area (Å²) in [4.78, 5) is 0.500. The first-order valence-corrected chi connectivity index (χ1v) is 1.45. The van der Waals surface area contributed by atoms with Crippen molar-refractivity contribution in [2.75, 3.05) is 0 Å². The van der Waals surface area contributed by atoms with Crippen LogP contribution in [-0.4, -0.2) is 20.4 Å². The van der Waals surface area contributed by atoms with E-state index in [9.17, 15) is 0 Å². The molecule has 0 aliphatic heterocycles. The molecule has 0 saturated carbocycles. The van der Waals surface area contributed by atoms with Crippen molar-refractivity contribution in [3.63, 3.8) is 0 Å². The lowest BCUT2D eigenvalue weighted by Crippen LogP contribution is -1.92. The van der Waals surface area contributed by atoms with E-state index in [4.69, 9.17) is 5.21 Å². The van der Waals surface area contributed by atoms with Gasteiger partial charge >= 0.3 is 0 Å². The second-order valence-corrected chi connectivity index (χ2v) is 0.797. The van der Waals surface area contributed by atoms with Gasteiger partial charge in [-0.15, -0.1) is 10.2 Å². The third kappa shape index (κ3) is 0.314. The lowest BCUT2D eigenvalue weighted by atomic mass is 11.0. The van der Waals surface area contributed by atoms with Gasteiger partial charge in [-0.25, -0.2) is 0 Å². The topological polar surface area (TPSA) is 50.9 Å². The summed E-state index contributed by atoms with van der Waals surface area (Å²) >= 11 is 0. The van der Waals surface area contributed by atoms with Crippen molar-refractivity contribution in [3.05, 3.63) is 12.4 Å². The largest absolute Gasteiger partial charge is 0.396 e. The first kappa shape index (κ1) is 3.14. The summed E-state index contributed by atoms with van der Waals surface area (Å²) < 4.78 is 0. The Bertz CT molecular complexity index is 112. The predicted octanol–water partition coefficient (Wildman–Crippen LogP) is -0.485. The van der Waals surface area contributed by atoms with Gasteiger partial charge in [-0.05, 0) is 4.96 Å². The molecule has 0 aliphatic carbocycles. The smallest absolute Gasteiger partial charge is 0.0730 e. The summed E-state index contributed by atoms with van der Waals surface area (Å²) in [7, 11) is 0. The van der Waals surface area contributed by atoms with E-state index in [1.807, 2.05) is 0 Å². The zero-order chi connectivity index (χ0) is 4.41. The second-order valence-electron chi connectivity index (χ2n) is 0.797. The summed E-state index contributed by atoms with van der Waals surface area (Å²) in [6.45, 7) is 0. The molecule has 0 radical (unpaired) electrons. The van der Waals surface area contributed by atoms with Gasteiger partial charge in [-0.1, -0.05) is 0 Å². The van der Waals surface area contributed by atoms with E-state index in [0.29, 0.717) is 4.96 Å². The average molecular weight is 85.1 g/mol. The maximum atomic E-state index is 8.17. The van der Waals surface area contributed by atoms with E-state index in [-0.39, 0.29) is 0 Å². The molecular formula is C2H3N3O. The minimum Gasteiger partial charge on any atom is -0.396 e. The van der Waals surface area contributed by atoms with Gasteiger partial charge < -0.3 is 5.21 Å². The fraction of sp³-hybridized carbons (Fsp3) is 0. The van der Waals surface area contributed by atoms with Crippen molar-refractivity contribution in [1.29, 1.82) is 0 Å². The molecule has 0 unspecified atom stereocenters. The van der Waals surface area contributed by atoms with Crippen LogP contribution in [0.15, 0.2) is 12.4 Å². The van der Waals surface area contributed by atoms with E-state index >= 15 is 0 Å². The first-order valence-electron chi connectivity index (χ1n) is 1.45. The lowest BCUT2D eigenvalue weighted by Gasteiger charge is -1.74. The SMILES string of the molecule is On1nccn1. The Hall–Kier alpha value is -1.06. The molecule has 0 amide bonds. The number of rotatable bonds is 0. The molecule has 1 N–H and O–H groups in total. The second kappa shape index (κ2) is 0.965. The standard InChI is InChI=1S/C2H3N3O/c6-5-3-1-2-4-5/h1-2,6H. The van der Waals surface area contributed by atoms with Crippen molar-refractivity contribution in [3.8, 4) is 0 Å². The van der Waals surface area contributed by atoms with Crippen LogP contribution in [0.1, 0.15) is 0 Å². The van der Waals surface area contributed by atoms with Gasteiger partial charge in [-0.3, -0.25) is 0 Å². The van der Waals surface area contributed by atoms with Crippen molar-refractivity contribution in [2.24, 2.45) is 0 Å². The third-order valence-electron chi connectivity index (χ3n) is 0.407. The quantitative estimate of drug-likeness (QED) is 0.433. The maximum absolute atomic E-state index is 8.17. The fourth-order valence-corrected chi connectivity index (χ4v) is 0.209. The molecule has 0 aromatic carbocycles. The minimum absolute atomic E-state index is 0.500. The van der Waals surface area contributed by atoms with Crippen LogP contribution < -0.4 is 0 Å². The minimum atomic E-state index is 0.500. The van der Waals surface area contributed by atoms with Crippen LogP contribution in [0, 0.1) is 0 Å². The molecule has 1 aromatic rings. The summed E-state index contributed by atoms with van der Waals surface area (Å²) in [5.74, 6) is 0.